The molecule has 5 nitrogen and oxygen atoms in total. The summed E-state index contributed by atoms with van der Waals surface area (Å²) in [6.45, 7) is 1.46. The summed E-state index contributed by atoms with van der Waals surface area (Å²) in [6.07, 6.45) is 8.09. The number of carbonyl (C=O) groups excluding carboxylic acids is 2. The molecule has 26 heavy (non-hydrogen) atoms. The highest BCUT2D eigenvalue weighted by molar-refractivity contribution is 5.81. The van der Waals surface area contributed by atoms with Gasteiger partial charge < -0.3 is 15.0 Å². The number of nitrogens with one attached hydrogen (secondary N) is 1. The second-order valence-electron chi connectivity index (χ2n) is 7.73. The van der Waals surface area contributed by atoms with Gasteiger partial charge in [-0.1, -0.05) is 24.3 Å². The molecule has 0 bridgehead atoms. The fourth-order valence-electron chi connectivity index (χ4n) is 4.11. The second-order valence-corrected chi connectivity index (χ2v) is 7.73. The van der Waals surface area contributed by atoms with E-state index in [0.717, 1.165) is 31.5 Å². The Hall–Kier alpha value is -2.30. The van der Waals surface area contributed by atoms with Gasteiger partial charge >= 0.3 is 0 Å². The topological polar surface area (TPSA) is 58.6 Å². The SMILES string of the molecule is O=C(COc1ccccc1)NCC12CCC=C1N(CC1CC1)C(=O)CC2. The molecule has 1 aromatic rings. The molecular formula is C21H26N2O3. The molecule has 2 amide bonds. The smallest absolute Gasteiger partial charge is 0.257 e. The summed E-state index contributed by atoms with van der Waals surface area (Å²) in [5, 5.41) is 3.05. The third kappa shape index (κ3) is 3.62. The van der Waals surface area contributed by atoms with Gasteiger partial charge in [0, 0.05) is 30.6 Å². The van der Waals surface area contributed by atoms with Crippen molar-refractivity contribution in [1.82, 2.24) is 10.2 Å². The molecule has 1 unspecified atom stereocenters. The largest absolute Gasteiger partial charge is 0.484 e. The number of amides is 2. The van der Waals surface area contributed by atoms with E-state index in [1.165, 1.54) is 12.8 Å². The fourth-order valence-corrected chi connectivity index (χ4v) is 4.11. The summed E-state index contributed by atoms with van der Waals surface area (Å²) in [4.78, 5) is 26.7. The first-order chi connectivity index (χ1) is 12.7. The summed E-state index contributed by atoms with van der Waals surface area (Å²) in [5.41, 5.74) is 1.08. The Morgan fingerprint density at radius 2 is 2.04 bits per heavy atom. The number of likely N-dealkylation sites (tertiary alicyclic amines) is 1. The van der Waals surface area contributed by atoms with Crippen LogP contribution in [0.15, 0.2) is 42.1 Å². The molecule has 1 aliphatic heterocycles. The van der Waals surface area contributed by atoms with Crippen molar-refractivity contribution < 1.29 is 14.3 Å². The number of nitrogens with zero attached hydrogens (tertiary/aromatic N) is 1. The number of ether oxygens (including phenoxy) is 1. The number of hydrogen-bond donors (Lipinski definition) is 1. The normalized spacial score (nSPS) is 24.8. The van der Waals surface area contributed by atoms with Crippen molar-refractivity contribution in [1.29, 1.82) is 0 Å². The van der Waals surface area contributed by atoms with Crippen LogP contribution in [-0.4, -0.2) is 36.4 Å². The van der Waals surface area contributed by atoms with E-state index in [2.05, 4.69) is 11.4 Å². The van der Waals surface area contributed by atoms with Crippen LogP contribution < -0.4 is 10.1 Å². The van der Waals surface area contributed by atoms with Crippen LogP contribution in [0.4, 0.5) is 0 Å². The molecule has 1 N–H and O–H groups in total. The number of benzene rings is 1. The Morgan fingerprint density at radius 1 is 1.23 bits per heavy atom. The van der Waals surface area contributed by atoms with Gasteiger partial charge in [-0.2, -0.15) is 0 Å². The predicted octanol–water partition coefficient (Wildman–Crippen LogP) is 2.88. The molecule has 1 saturated heterocycles. The molecule has 2 fully saturated rings. The van der Waals surface area contributed by atoms with Gasteiger partial charge in [-0.25, -0.2) is 0 Å². The minimum atomic E-state index is -0.111. The highest BCUT2D eigenvalue weighted by Crippen LogP contribution is 2.48. The number of para-hydroxylation sites is 1. The van der Waals surface area contributed by atoms with Gasteiger partial charge in [-0.05, 0) is 50.2 Å². The zero-order valence-electron chi connectivity index (χ0n) is 15.1. The monoisotopic (exact) mass is 354 g/mol. The van der Waals surface area contributed by atoms with Crippen molar-refractivity contribution >= 4 is 11.8 Å². The average molecular weight is 354 g/mol. The second kappa shape index (κ2) is 7.14. The number of carbonyl (C=O) groups is 2. The van der Waals surface area contributed by atoms with Crippen molar-refractivity contribution in [3.05, 3.63) is 42.1 Å². The van der Waals surface area contributed by atoms with Gasteiger partial charge in [-0.15, -0.1) is 0 Å². The highest BCUT2D eigenvalue weighted by atomic mass is 16.5. The maximum atomic E-state index is 12.4. The Bertz CT molecular complexity index is 711. The fraction of sp³-hybridized carbons (Fsp3) is 0.524. The molecule has 1 heterocycles. The Morgan fingerprint density at radius 3 is 2.81 bits per heavy atom. The minimum absolute atomic E-state index is 0.0177. The lowest BCUT2D eigenvalue weighted by Crippen LogP contribution is -2.49. The van der Waals surface area contributed by atoms with Crippen LogP contribution >= 0.6 is 0 Å². The van der Waals surface area contributed by atoms with E-state index in [9.17, 15) is 9.59 Å². The van der Waals surface area contributed by atoms with Crippen LogP contribution in [0.3, 0.4) is 0 Å². The molecule has 1 atom stereocenters. The van der Waals surface area contributed by atoms with Crippen LogP contribution in [0.25, 0.3) is 0 Å². The molecule has 0 spiro atoms. The lowest BCUT2D eigenvalue weighted by molar-refractivity contribution is -0.133. The number of hydrogen-bond acceptors (Lipinski definition) is 3. The summed E-state index contributed by atoms with van der Waals surface area (Å²) in [6, 6.07) is 9.36. The van der Waals surface area contributed by atoms with Crippen molar-refractivity contribution in [3.8, 4) is 5.75 Å². The van der Waals surface area contributed by atoms with Crippen molar-refractivity contribution in [3.63, 3.8) is 0 Å². The van der Waals surface area contributed by atoms with Gasteiger partial charge in [0.05, 0.1) is 0 Å². The summed E-state index contributed by atoms with van der Waals surface area (Å²) in [5.74, 6) is 1.51. The lowest BCUT2D eigenvalue weighted by atomic mass is 9.76. The van der Waals surface area contributed by atoms with E-state index in [0.29, 0.717) is 24.6 Å². The van der Waals surface area contributed by atoms with Gasteiger partial charge in [0.1, 0.15) is 5.75 Å². The van der Waals surface area contributed by atoms with Crippen LogP contribution in [-0.2, 0) is 9.59 Å². The third-order valence-electron chi connectivity index (χ3n) is 5.79. The molecule has 2 aliphatic carbocycles. The van der Waals surface area contributed by atoms with Gasteiger partial charge in [0.2, 0.25) is 5.91 Å². The summed E-state index contributed by atoms with van der Waals surface area (Å²) in [7, 11) is 0. The van der Waals surface area contributed by atoms with Crippen LogP contribution in [0, 0.1) is 11.3 Å². The first kappa shape index (κ1) is 17.1. The molecular weight excluding hydrogens is 328 g/mol. The number of fused-ring (bicyclic) bond motifs is 1. The van der Waals surface area contributed by atoms with E-state index in [1.54, 1.807) is 0 Å². The van der Waals surface area contributed by atoms with Crippen LogP contribution in [0.5, 0.6) is 5.75 Å². The van der Waals surface area contributed by atoms with Crippen LogP contribution in [0.2, 0.25) is 0 Å². The molecule has 0 aromatic heterocycles. The summed E-state index contributed by atoms with van der Waals surface area (Å²) < 4.78 is 5.52. The zero-order chi connectivity index (χ0) is 18.0. The zero-order valence-corrected chi connectivity index (χ0v) is 15.1. The quantitative estimate of drug-likeness (QED) is 0.819. The summed E-state index contributed by atoms with van der Waals surface area (Å²) >= 11 is 0. The van der Waals surface area contributed by atoms with E-state index >= 15 is 0 Å². The molecule has 1 aromatic carbocycles. The number of allylic oxidation sites excluding steroid dienone is 1. The Labute approximate surface area is 154 Å². The van der Waals surface area contributed by atoms with Crippen molar-refractivity contribution in [2.75, 3.05) is 19.7 Å². The molecule has 5 heteroatoms. The minimum Gasteiger partial charge on any atom is -0.484 e. The standard InChI is InChI=1S/C21H26N2O3/c24-19(14-26-17-5-2-1-3-6-17)22-15-21-11-4-7-18(21)23(13-16-8-9-16)20(25)10-12-21/h1-3,5-7,16H,4,8-15H2,(H,22,24). The van der Waals surface area contributed by atoms with E-state index in [4.69, 9.17) is 4.74 Å². The third-order valence-corrected chi connectivity index (χ3v) is 5.79. The number of piperidine rings is 1. The van der Waals surface area contributed by atoms with E-state index < -0.39 is 0 Å². The van der Waals surface area contributed by atoms with E-state index in [1.807, 2.05) is 35.2 Å². The lowest BCUT2D eigenvalue weighted by Gasteiger charge is -2.42. The van der Waals surface area contributed by atoms with Gasteiger partial charge in [0.15, 0.2) is 6.61 Å². The molecule has 4 rings (SSSR count). The van der Waals surface area contributed by atoms with Gasteiger partial charge in [-0.3, -0.25) is 9.59 Å². The predicted molar refractivity (Wildman–Crippen MR) is 98.4 cm³/mol. The molecule has 3 aliphatic rings. The van der Waals surface area contributed by atoms with Gasteiger partial charge in [0.25, 0.3) is 5.91 Å². The number of rotatable bonds is 7. The Kier molecular flexibility index (Phi) is 4.70. The highest BCUT2D eigenvalue weighted by Gasteiger charge is 2.46. The van der Waals surface area contributed by atoms with Crippen LogP contribution in [0.1, 0.15) is 38.5 Å². The first-order valence-corrected chi connectivity index (χ1v) is 9.62. The van der Waals surface area contributed by atoms with E-state index in [-0.39, 0.29) is 23.8 Å². The van der Waals surface area contributed by atoms with Crippen molar-refractivity contribution in [2.24, 2.45) is 11.3 Å². The average Bonchev–Trinajstić information content (AvgIpc) is 3.39. The molecule has 138 valence electrons. The maximum Gasteiger partial charge on any atom is 0.257 e. The molecule has 0 radical (unpaired) electrons. The Balaban J connectivity index is 1.35. The van der Waals surface area contributed by atoms with Crippen molar-refractivity contribution in [2.45, 2.75) is 38.5 Å². The maximum absolute atomic E-state index is 12.4. The first-order valence-electron chi connectivity index (χ1n) is 9.62. The molecule has 1 saturated carbocycles.